The van der Waals surface area contributed by atoms with E-state index in [1.165, 1.54) is 39.3 Å². The van der Waals surface area contributed by atoms with Crippen LogP contribution < -0.4 is 4.68 Å². The molecule has 0 N–H and O–H groups in total. The number of rotatable bonds is 5. The fourth-order valence-corrected chi connectivity index (χ4v) is 6.67. The number of aromatic nitrogens is 2. The molecule has 0 saturated carbocycles. The second kappa shape index (κ2) is 7.90. The summed E-state index contributed by atoms with van der Waals surface area (Å²) in [5, 5.41) is 0. The highest BCUT2D eigenvalue weighted by Gasteiger charge is 2.59. The summed E-state index contributed by atoms with van der Waals surface area (Å²) in [6.07, 6.45) is 2.23. The van der Waals surface area contributed by atoms with Gasteiger partial charge in [0.1, 0.15) is 0 Å². The molecule has 2 aromatic carbocycles. The van der Waals surface area contributed by atoms with Crippen LogP contribution in [0.1, 0.15) is 103 Å². The lowest BCUT2D eigenvalue weighted by atomic mass is 9.55. The van der Waals surface area contributed by atoms with Gasteiger partial charge in [0, 0.05) is 16.5 Å². The van der Waals surface area contributed by atoms with E-state index < -0.39 is 0 Å². The summed E-state index contributed by atoms with van der Waals surface area (Å²) in [5.41, 5.74) is 10.1. The normalized spacial score (nSPS) is 16.3. The Kier molecular flexibility index (Phi) is 5.64. The van der Waals surface area contributed by atoms with Crippen LogP contribution >= 0.6 is 0 Å². The lowest BCUT2D eigenvalue weighted by Gasteiger charge is -2.47. The van der Waals surface area contributed by atoms with E-state index >= 15 is 0 Å². The largest absolute Gasteiger partial charge is 0.243 e. The van der Waals surface area contributed by atoms with Crippen molar-refractivity contribution in [2.24, 2.45) is 0 Å². The lowest BCUT2D eigenvalue weighted by Crippen LogP contribution is -2.61. The molecule has 0 unspecified atom stereocenters. The van der Waals surface area contributed by atoms with Gasteiger partial charge in [-0.3, -0.25) is 0 Å². The third-order valence-corrected chi connectivity index (χ3v) is 8.35. The van der Waals surface area contributed by atoms with Crippen LogP contribution in [0.15, 0.2) is 48.5 Å². The Morgan fingerprint density at radius 1 is 0.875 bits per heavy atom. The first-order valence-electron chi connectivity index (χ1n) is 12.5. The van der Waals surface area contributed by atoms with Crippen LogP contribution in [-0.2, 0) is 10.8 Å². The van der Waals surface area contributed by atoms with E-state index in [0.29, 0.717) is 12.0 Å². The Morgan fingerprint density at radius 3 is 2.03 bits per heavy atom. The standard InChI is InChI=1S/C30H41N2/c1-10-30(11-2)28-26(23-16-13-12-14-17-23)22(7)31(21(5)6)32(28)27-24(20(3)4)18-15-19-25(27)29(30,8)9/h12-21H,10-11H2,1-9H3/q+1. The maximum absolute atomic E-state index is 2.64. The van der Waals surface area contributed by atoms with Crippen molar-refractivity contribution < 1.29 is 4.68 Å². The first-order chi connectivity index (χ1) is 15.1. The predicted molar refractivity (Wildman–Crippen MR) is 136 cm³/mol. The third kappa shape index (κ3) is 2.87. The van der Waals surface area contributed by atoms with Crippen LogP contribution in [0.25, 0.3) is 16.8 Å². The molecule has 4 rings (SSSR count). The number of benzene rings is 2. The number of para-hydroxylation sites is 1. The maximum atomic E-state index is 2.64. The molecule has 32 heavy (non-hydrogen) atoms. The monoisotopic (exact) mass is 429 g/mol. The molecule has 0 fully saturated rings. The number of hydrogen-bond acceptors (Lipinski definition) is 0. The van der Waals surface area contributed by atoms with Gasteiger partial charge in [0.25, 0.3) is 0 Å². The zero-order chi connectivity index (χ0) is 23.4. The highest BCUT2D eigenvalue weighted by Crippen LogP contribution is 2.55. The van der Waals surface area contributed by atoms with E-state index in [4.69, 9.17) is 0 Å². The summed E-state index contributed by atoms with van der Waals surface area (Å²) in [5.74, 6) is 0.466. The predicted octanol–water partition coefficient (Wildman–Crippen LogP) is 7.79. The smallest absolute Gasteiger partial charge is 0.149 e. The summed E-state index contributed by atoms with van der Waals surface area (Å²) in [6, 6.07) is 18.5. The molecule has 3 aromatic rings. The maximum Gasteiger partial charge on any atom is 0.243 e. The van der Waals surface area contributed by atoms with E-state index in [1.54, 1.807) is 0 Å². The van der Waals surface area contributed by atoms with Crippen LogP contribution in [0.5, 0.6) is 0 Å². The lowest BCUT2D eigenvalue weighted by molar-refractivity contribution is -0.703. The zero-order valence-electron chi connectivity index (χ0n) is 21.6. The van der Waals surface area contributed by atoms with Crippen molar-refractivity contribution in [3.05, 3.63) is 71.0 Å². The minimum absolute atomic E-state index is 0.0237. The molecule has 0 atom stereocenters. The minimum atomic E-state index is 0.0237. The molecule has 0 bridgehead atoms. The Balaban J connectivity index is 2.30. The quantitative estimate of drug-likeness (QED) is 0.366. The molecule has 1 aliphatic rings. The molecule has 170 valence electrons. The molecular weight excluding hydrogens is 388 g/mol. The van der Waals surface area contributed by atoms with Crippen molar-refractivity contribution in [3.8, 4) is 16.8 Å². The summed E-state index contributed by atoms with van der Waals surface area (Å²) in [6.45, 7) is 21.4. The SMILES string of the molecule is CCC1(CC)c2c(-c3ccccc3)c(C)n(C(C)C)[n+]2-c2c(C(C)C)cccc2C1(C)C. The van der Waals surface area contributed by atoms with Crippen LogP contribution in [0.4, 0.5) is 0 Å². The molecule has 0 radical (unpaired) electrons. The molecule has 1 aliphatic heterocycles. The fraction of sp³-hybridized carbons (Fsp3) is 0.500. The van der Waals surface area contributed by atoms with E-state index in [0.717, 1.165) is 12.8 Å². The Labute approximate surface area is 195 Å². The van der Waals surface area contributed by atoms with Crippen molar-refractivity contribution in [2.45, 2.75) is 97.9 Å². The van der Waals surface area contributed by atoms with Gasteiger partial charge in [-0.1, -0.05) is 94.8 Å². The molecule has 2 nitrogen and oxygen atoms in total. The van der Waals surface area contributed by atoms with Crippen LogP contribution in [-0.4, -0.2) is 4.68 Å². The Hall–Kier alpha value is -2.35. The summed E-state index contributed by atoms with van der Waals surface area (Å²) in [7, 11) is 0. The fourth-order valence-electron chi connectivity index (χ4n) is 6.67. The highest BCUT2D eigenvalue weighted by atomic mass is 15.4. The van der Waals surface area contributed by atoms with Gasteiger partial charge in [-0.05, 0) is 45.1 Å². The van der Waals surface area contributed by atoms with Crippen molar-refractivity contribution in [1.29, 1.82) is 0 Å². The number of nitrogens with zero attached hydrogens (tertiary/aromatic N) is 2. The first-order valence-corrected chi connectivity index (χ1v) is 12.5. The Bertz CT molecular complexity index is 1130. The topological polar surface area (TPSA) is 8.81 Å². The molecule has 1 aromatic heterocycles. The average molecular weight is 430 g/mol. The van der Waals surface area contributed by atoms with Gasteiger partial charge in [-0.25, -0.2) is 0 Å². The summed E-state index contributed by atoms with van der Waals surface area (Å²) >= 11 is 0. The van der Waals surface area contributed by atoms with Gasteiger partial charge < -0.3 is 0 Å². The zero-order valence-corrected chi connectivity index (χ0v) is 21.6. The molecule has 2 heteroatoms. The molecule has 0 amide bonds. The Morgan fingerprint density at radius 2 is 1.50 bits per heavy atom. The molecule has 0 saturated heterocycles. The van der Waals surface area contributed by atoms with Crippen molar-refractivity contribution in [3.63, 3.8) is 0 Å². The third-order valence-electron chi connectivity index (χ3n) is 8.35. The average Bonchev–Trinajstić information content (AvgIpc) is 3.07. The van der Waals surface area contributed by atoms with Crippen molar-refractivity contribution in [2.75, 3.05) is 0 Å². The van der Waals surface area contributed by atoms with E-state index in [2.05, 4.69) is 120 Å². The van der Waals surface area contributed by atoms with Crippen LogP contribution in [0.3, 0.4) is 0 Å². The van der Waals surface area contributed by atoms with Crippen molar-refractivity contribution in [1.82, 2.24) is 4.68 Å². The van der Waals surface area contributed by atoms with Gasteiger partial charge in [-0.15, -0.1) is 4.68 Å². The molecule has 0 spiro atoms. The van der Waals surface area contributed by atoms with Gasteiger partial charge in [0.2, 0.25) is 11.4 Å². The second-order valence-electron chi connectivity index (χ2n) is 10.7. The van der Waals surface area contributed by atoms with E-state index in [9.17, 15) is 0 Å². The summed E-state index contributed by atoms with van der Waals surface area (Å²) < 4.78 is 5.21. The summed E-state index contributed by atoms with van der Waals surface area (Å²) in [4.78, 5) is 0. The first kappa shape index (κ1) is 22.8. The highest BCUT2D eigenvalue weighted by molar-refractivity contribution is 5.71. The van der Waals surface area contributed by atoms with E-state index in [1.807, 2.05) is 0 Å². The van der Waals surface area contributed by atoms with Gasteiger partial charge in [0.05, 0.1) is 22.7 Å². The van der Waals surface area contributed by atoms with Gasteiger partial charge in [0.15, 0.2) is 0 Å². The molecule has 2 heterocycles. The molecular formula is C30H41N2+. The minimum Gasteiger partial charge on any atom is -0.149 e. The van der Waals surface area contributed by atoms with Gasteiger partial charge in [-0.2, -0.15) is 0 Å². The van der Waals surface area contributed by atoms with Crippen LogP contribution in [0.2, 0.25) is 0 Å². The van der Waals surface area contributed by atoms with Gasteiger partial charge >= 0.3 is 0 Å². The van der Waals surface area contributed by atoms with E-state index in [-0.39, 0.29) is 10.8 Å². The van der Waals surface area contributed by atoms with Crippen molar-refractivity contribution >= 4 is 0 Å². The molecule has 0 aliphatic carbocycles. The number of hydrogen-bond donors (Lipinski definition) is 0. The number of fused-ring (bicyclic) bond motifs is 3. The van der Waals surface area contributed by atoms with Crippen LogP contribution in [0, 0.1) is 6.92 Å². The second-order valence-corrected chi connectivity index (χ2v) is 10.7.